The van der Waals surface area contributed by atoms with E-state index in [1.54, 1.807) is 0 Å². The largest absolute Gasteiger partial charge is 0.189 e. The quantitative estimate of drug-likeness (QED) is 0.301. The average molecular weight is 77.7 g/mol. The molecule has 0 amide bonds. The molecule has 0 atom stereocenters. The summed E-state index contributed by atoms with van der Waals surface area (Å²) < 4.78 is 0. The first-order valence-electron chi connectivity index (χ1n) is 2.27. The molecule has 0 nitrogen and oxygen atoms in total. The van der Waals surface area contributed by atoms with Gasteiger partial charge in [-0.1, -0.05) is 13.2 Å². The summed E-state index contributed by atoms with van der Waals surface area (Å²) >= 11 is 0. The van der Waals surface area contributed by atoms with Crippen molar-refractivity contribution in [3.63, 3.8) is 0 Å². The molecule has 0 aromatic heterocycles. The van der Waals surface area contributed by atoms with Gasteiger partial charge in [-0.2, -0.15) is 5.82 Å². The van der Waals surface area contributed by atoms with Crippen molar-refractivity contribution in [2.24, 2.45) is 0 Å². The van der Waals surface area contributed by atoms with Gasteiger partial charge < -0.3 is 0 Å². The van der Waals surface area contributed by atoms with Gasteiger partial charge in [-0.3, -0.25) is 0 Å². The van der Waals surface area contributed by atoms with E-state index in [2.05, 4.69) is 12.7 Å². The molecule has 6 heavy (non-hydrogen) atoms. The highest BCUT2D eigenvalue weighted by Gasteiger charge is 1.92. The van der Waals surface area contributed by atoms with E-state index >= 15 is 0 Å². The molecule has 0 aliphatic rings. The molecule has 0 aromatic carbocycles. The molecule has 0 bridgehead atoms. The van der Waals surface area contributed by atoms with E-state index in [0.29, 0.717) is 6.60 Å². The van der Waals surface area contributed by atoms with Gasteiger partial charge in [-0.05, 0) is 0 Å². The monoisotopic (exact) mass is 78.1 g/mol. The molecule has 0 heterocycles. The standard InChI is InChI=1S/C4H8B2/c1-3-6(5)4-2/h1H,4-5H2,2H3. The maximum Gasteiger partial charge on any atom is 0.189 e. The van der Waals surface area contributed by atoms with E-state index in [-0.39, 0.29) is 0 Å². The fraction of sp³-hybridized carbons (Fsp3) is 0.500. The van der Waals surface area contributed by atoms with Crippen LogP contribution in [0.3, 0.4) is 0 Å². The number of hydrogen-bond acceptors (Lipinski definition) is 0. The molecule has 0 spiro atoms. The summed E-state index contributed by atoms with van der Waals surface area (Å²) in [5.74, 6) is 2.61. The van der Waals surface area contributed by atoms with Crippen LogP contribution in [0.4, 0.5) is 0 Å². The summed E-state index contributed by atoms with van der Waals surface area (Å²) in [6.45, 7) is 2.55. The van der Waals surface area contributed by atoms with E-state index in [0.717, 1.165) is 6.32 Å². The maximum absolute atomic E-state index is 5.03. The van der Waals surface area contributed by atoms with Crippen molar-refractivity contribution in [1.82, 2.24) is 0 Å². The third-order valence-corrected chi connectivity index (χ3v) is 0.897. The van der Waals surface area contributed by atoms with Gasteiger partial charge in [-0.15, -0.1) is 6.42 Å². The molecule has 0 aliphatic heterocycles. The zero-order valence-electron chi connectivity index (χ0n) is 4.36. The lowest BCUT2D eigenvalue weighted by atomic mass is 9.32. The average Bonchev–Trinajstić information content (AvgIpc) is 1.65. The van der Waals surface area contributed by atoms with Crippen LogP contribution >= 0.6 is 0 Å². The molecule has 30 valence electrons. The summed E-state index contributed by atoms with van der Waals surface area (Å²) in [7, 11) is 2.04. The van der Waals surface area contributed by atoms with Gasteiger partial charge in [0.15, 0.2) is 6.60 Å². The van der Waals surface area contributed by atoms with Gasteiger partial charge in [0.25, 0.3) is 0 Å². The molecular formula is C4H8B2. The van der Waals surface area contributed by atoms with Crippen molar-refractivity contribution in [3.8, 4) is 12.2 Å². The highest BCUT2D eigenvalue weighted by atomic mass is 13.4. The van der Waals surface area contributed by atoms with E-state index in [1.807, 2.05) is 7.74 Å². The van der Waals surface area contributed by atoms with Crippen LogP contribution in [0.2, 0.25) is 6.32 Å². The van der Waals surface area contributed by atoms with E-state index in [9.17, 15) is 0 Å². The molecule has 0 aromatic rings. The van der Waals surface area contributed by atoms with Gasteiger partial charge in [-0.25, -0.2) is 0 Å². The van der Waals surface area contributed by atoms with Crippen molar-refractivity contribution < 1.29 is 0 Å². The number of hydrogen-bond donors (Lipinski definition) is 0. The Labute approximate surface area is 40.8 Å². The third-order valence-electron chi connectivity index (χ3n) is 0.897. The summed E-state index contributed by atoms with van der Waals surface area (Å²) in [6, 6.07) is 0. The lowest BCUT2D eigenvalue weighted by Gasteiger charge is -1.84. The molecule has 0 saturated carbocycles. The minimum Gasteiger partial charge on any atom is -0.169 e. The second-order valence-corrected chi connectivity index (χ2v) is 1.48. The lowest BCUT2D eigenvalue weighted by molar-refractivity contribution is 1.46. The van der Waals surface area contributed by atoms with Gasteiger partial charge in [0.05, 0.1) is 7.74 Å². The summed E-state index contributed by atoms with van der Waals surface area (Å²) in [4.78, 5) is 0. The fourth-order valence-electron chi connectivity index (χ4n) is 0.118. The molecule has 0 fully saturated rings. The van der Waals surface area contributed by atoms with Crippen LogP contribution < -0.4 is 0 Å². The third kappa shape index (κ3) is 1.96. The Hall–Kier alpha value is -0.310. The summed E-state index contributed by atoms with van der Waals surface area (Å²) in [5, 5.41) is 0. The minimum atomic E-state index is 0.463. The summed E-state index contributed by atoms with van der Waals surface area (Å²) in [5.41, 5.74) is 0. The van der Waals surface area contributed by atoms with Gasteiger partial charge in [0.2, 0.25) is 0 Å². The maximum atomic E-state index is 5.03. The van der Waals surface area contributed by atoms with Crippen LogP contribution in [0.25, 0.3) is 0 Å². The molecular weight excluding hydrogens is 69.7 g/mol. The van der Waals surface area contributed by atoms with Crippen molar-refractivity contribution in [2.45, 2.75) is 13.2 Å². The van der Waals surface area contributed by atoms with E-state index < -0.39 is 0 Å². The topological polar surface area (TPSA) is 0 Å². The zero-order valence-corrected chi connectivity index (χ0v) is 4.36. The number of terminal acetylenes is 1. The minimum absolute atomic E-state index is 0.463. The van der Waals surface area contributed by atoms with Gasteiger partial charge in [0, 0.05) is 0 Å². The van der Waals surface area contributed by atoms with Crippen molar-refractivity contribution >= 4 is 14.3 Å². The normalized spacial score (nSPS) is 6.67. The Morgan fingerprint density at radius 3 is 2.50 bits per heavy atom. The Morgan fingerprint density at radius 1 is 2.00 bits per heavy atom. The first-order valence-corrected chi connectivity index (χ1v) is 2.27. The second-order valence-electron chi connectivity index (χ2n) is 1.48. The molecule has 0 rings (SSSR count). The van der Waals surface area contributed by atoms with Crippen molar-refractivity contribution in [2.75, 3.05) is 0 Å². The summed E-state index contributed by atoms with van der Waals surface area (Å²) in [6.07, 6.45) is 6.13. The van der Waals surface area contributed by atoms with Crippen molar-refractivity contribution in [3.05, 3.63) is 0 Å². The van der Waals surface area contributed by atoms with E-state index in [4.69, 9.17) is 6.42 Å². The van der Waals surface area contributed by atoms with Crippen molar-refractivity contribution in [1.29, 1.82) is 0 Å². The van der Waals surface area contributed by atoms with Crippen LogP contribution in [-0.2, 0) is 0 Å². The predicted octanol–water partition coefficient (Wildman–Crippen LogP) is -0.197. The van der Waals surface area contributed by atoms with Crippen LogP contribution in [-0.4, -0.2) is 14.3 Å². The Balaban J connectivity index is 3.04. The van der Waals surface area contributed by atoms with Crippen LogP contribution in [0.15, 0.2) is 0 Å². The molecule has 0 aliphatic carbocycles. The predicted molar refractivity (Wildman–Crippen MR) is 33.6 cm³/mol. The number of rotatable bonds is 1. The van der Waals surface area contributed by atoms with Gasteiger partial charge in [0.1, 0.15) is 0 Å². The molecule has 0 saturated heterocycles. The van der Waals surface area contributed by atoms with Crippen LogP contribution in [0.5, 0.6) is 0 Å². The molecule has 0 N–H and O–H groups in total. The van der Waals surface area contributed by atoms with Gasteiger partial charge >= 0.3 is 0 Å². The highest BCUT2D eigenvalue weighted by Crippen LogP contribution is 1.78. The molecule has 0 unspecified atom stereocenters. The Morgan fingerprint density at radius 2 is 2.50 bits per heavy atom. The lowest BCUT2D eigenvalue weighted by Crippen LogP contribution is -2.06. The fourth-order valence-corrected chi connectivity index (χ4v) is 0.118. The molecule has 0 radical (unpaired) electrons. The first-order chi connectivity index (χ1) is 2.81. The highest BCUT2D eigenvalue weighted by molar-refractivity contribution is 7.08. The van der Waals surface area contributed by atoms with E-state index in [1.165, 1.54) is 0 Å². The smallest absolute Gasteiger partial charge is 0.169 e. The second kappa shape index (κ2) is 2.90. The first kappa shape index (κ1) is 5.69. The van der Waals surface area contributed by atoms with Crippen LogP contribution in [0.1, 0.15) is 6.92 Å². The molecule has 2 heteroatoms. The van der Waals surface area contributed by atoms with Crippen LogP contribution in [0, 0.1) is 12.2 Å². The Bertz CT molecular complexity index is 62.4. The SMILES string of the molecule is BB(C#C)CC. The zero-order chi connectivity index (χ0) is 4.99. The Kier molecular flexibility index (Phi) is 2.75.